The Morgan fingerprint density at radius 1 is 1.48 bits per heavy atom. The lowest BCUT2D eigenvalue weighted by Crippen LogP contribution is -2.34. The van der Waals surface area contributed by atoms with Crippen molar-refractivity contribution >= 4 is 23.5 Å². The van der Waals surface area contributed by atoms with Crippen molar-refractivity contribution in [2.24, 2.45) is 4.99 Å². The Balaban J connectivity index is 2.19. The quantitative estimate of drug-likeness (QED) is 0.842. The predicted molar refractivity (Wildman–Crippen MR) is 86.4 cm³/mol. The Kier molecular flexibility index (Phi) is 5.09. The summed E-state index contributed by atoms with van der Waals surface area (Å²) in [7, 11) is 0. The van der Waals surface area contributed by atoms with Crippen molar-refractivity contribution in [3.63, 3.8) is 0 Å². The maximum absolute atomic E-state index is 12.4. The molecule has 0 saturated carbocycles. The minimum Gasteiger partial charge on any atom is -0.383 e. The van der Waals surface area contributed by atoms with E-state index in [2.05, 4.69) is 29.1 Å². The van der Waals surface area contributed by atoms with E-state index in [0.717, 1.165) is 30.4 Å². The number of nitrogens with zero attached hydrogens (tertiary/aromatic N) is 2. The number of aliphatic imine (C=N–C) groups is 1. The molecule has 0 fully saturated rings. The number of aromatic nitrogens is 1. The summed E-state index contributed by atoms with van der Waals surface area (Å²) in [4.78, 5) is 20.7. The van der Waals surface area contributed by atoms with Gasteiger partial charge in [-0.3, -0.25) is 9.79 Å². The van der Waals surface area contributed by atoms with Gasteiger partial charge in [0, 0.05) is 24.0 Å². The van der Waals surface area contributed by atoms with Gasteiger partial charge in [0.1, 0.15) is 5.82 Å². The number of anilines is 1. The molecule has 5 heteroatoms. The Bertz CT molecular complexity index is 578. The summed E-state index contributed by atoms with van der Waals surface area (Å²) < 4.78 is 0. The number of pyridine rings is 1. The molecule has 112 valence electrons. The van der Waals surface area contributed by atoms with Crippen LogP contribution in [-0.2, 0) is 0 Å². The molecular formula is C16H22N4O. The van der Waals surface area contributed by atoms with Gasteiger partial charge in [0.05, 0.1) is 12.1 Å². The van der Waals surface area contributed by atoms with E-state index in [1.165, 1.54) is 0 Å². The van der Waals surface area contributed by atoms with Crippen LogP contribution in [0.1, 0.15) is 49.0 Å². The van der Waals surface area contributed by atoms with E-state index >= 15 is 0 Å². The molecule has 0 spiro atoms. The van der Waals surface area contributed by atoms with Gasteiger partial charge in [0.15, 0.2) is 0 Å². The zero-order valence-corrected chi connectivity index (χ0v) is 12.6. The third kappa shape index (κ3) is 3.68. The van der Waals surface area contributed by atoms with E-state index in [4.69, 9.17) is 5.73 Å². The van der Waals surface area contributed by atoms with Crippen molar-refractivity contribution in [3.05, 3.63) is 29.5 Å². The van der Waals surface area contributed by atoms with Gasteiger partial charge in [-0.15, -0.1) is 0 Å². The Morgan fingerprint density at radius 2 is 2.29 bits per heavy atom. The molecule has 21 heavy (non-hydrogen) atoms. The van der Waals surface area contributed by atoms with E-state index < -0.39 is 0 Å². The Labute approximate surface area is 125 Å². The van der Waals surface area contributed by atoms with E-state index in [1.807, 2.05) is 6.08 Å². The molecule has 5 nitrogen and oxygen atoms in total. The molecule has 0 bridgehead atoms. The highest BCUT2D eigenvalue weighted by Gasteiger charge is 2.16. The number of hydrogen-bond donors (Lipinski definition) is 2. The summed E-state index contributed by atoms with van der Waals surface area (Å²) in [5.41, 5.74) is 8.15. The summed E-state index contributed by atoms with van der Waals surface area (Å²) in [6.07, 6.45) is 8.38. The highest BCUT2D eigenvalue weighted by molar-refractivity contribution is 6.12. The first kappa shape index (κ1) is 15.2. The summed E-state index contributed by atoms with van der Waals surface area (Å²) in [6.45, 7) is 4.85. The van der Waals surface area contributed by atoms with Crippen LogP contribution in [0.25, 0.3) is 5.57 Å². The molecule has 1 aromatic heterocycles. The van der Waals surface area contributed by atoms with Gasteiger partial charge in [-0.25, -0.2) is 4.98 Å². The molecule has 1 aliphatic rings. The third-order valence-electron chi connectivity index (χ3n) is 3.61. The number of amides is 1. The van der Waals surface area contributed by atoms with E-state index in [9.17, 15) is 4.79 Å². The first-order chi connectivity index (χ1) is 10.2. The molecule has 1 aliphatic heterocycles. The molecule has 2 heterocycles. The fourth-order valence-electron chi connectivity index (χ4n) is 2.35. The lowest BCUT2D eigenvalue weighted by Gasteiger charge is -2.17. The summed E-state index contributed by atoms with van der Waals surface area (Å²) in [5.74, 6) is 0.107. The van der Waals surface area contributed by atoms with Gasteiger partial charge >= 0.3 is 0 Å². The SMILES string of the molecule is CCCC(CC)NC(=O)c1cc(C2=CCN=C2)cnc1N. The molecule has 0 aromatic carbocycles. The van der Waals surface area contributed by atoms with Crippen molar-refractivity contribution in [2.45, 2.75) is 39.2 Å². The molecule has 0 radical (unpaired) electrons. The molecule has 0 saturated heterocycles. The van der Waals surface area contributed by atoms with Gasteiger partial charge in [-0.1, -0.05) is 26.3 Å². The number of carbonyl (C=O) groups is 1. The fraction of sp³-hybridized carbons (Fsp3) is 0.438. The summed E-state index contributed by atoms with van der Waals surface area (Å²) >= 11 is 0. The number of nitrogens with one attached hydrogen (secondary N) is 1. The second kappa shape index (κ2) is 7.02. The first-order valence-electron chi connectivity index (χ1n) is 7.42. The van der Waals surface area contributed by atoms with Gasteiger partial charge in [-0.05, 0) is 24.5 Å². The van der Waals surface area contributed by atoms with E-state index in [-0.39, 0.29) is 17.8 Å². The largest absolute Gasteiger partial charge is 0.383 e. The number of rotatable bonds is 6. The molecular weight excluding hydrogens is 264 g/mol. The molecule has 2 rings (SSSR count). The predicted octanol–water partition coefficient (Wildman–Crippen LogP) is 2.44. The minimum atomic E-state index is -0.155. The zero-order valence-electron chi connectivity index (χ0n) is 12.6. The maximum atomic E-state index is 12.4. The van der Waals surface area contributed by atoms with E-state index in [0.29, 0.717) is 12.1 Å². The molecule has 1 aromatic rings. The third-order valence-corrected chi connectivity index (χ3v) is 3.61. The average molecular weight is 286 g/mol. The van der Waals surface area contributed by atoms with Gasteiger partial charge in [0.25, 0.3) is 5.91 Å². The highest BCUT2D eigenvalue weighted by Crippen LogP contribution is 2.19. The van der Waals surface area contributed by atoms with Gasteiger partial charge in [0.2, 0.25) is 0 Å². The second-order valence-electron chi connectivity index (χ2n) is 5.18. The van der Waals surface area contributed by atoms with Crippen LogP contribution in [0.4, 0.5) is 5.82 Å². The highest BCUT2D eigenvalue weighted by atomic mass is 16.1. The van der Waals surface area contributed by atoms with Crippen LogP contribution in [0.3, 0.4) is 0 Å². The maximum Gasteiger partial charge on any atom is 0.255 e. The monoisotopic (exact) mass is 286 g/mol. The number of nitrogens with two attached hydrogens (primary N) is 1. The molecule has 1 unspecified atom stereocenters. The smallest absolute Gasteiger partial charge is 0.255 e. The normalized spacial score (nSPS) is 14.9. The van der Waals surface area contributed by atoms with Crippen LogP contribution in [0.5, 0.6) is 0 Å². The second-order valence-corrected chi connectivity index (χ2v) is 5.18. The number of hydrogen-bond acceptors (Lipinski definition) is 4. The molecule has 1 atom stereocenters. The van der Waals surface area contributed by atoms with Crippen LogP contribution in [0.15, 0.2) is 23.3 Å². The van der Waals surface area contributed by atoms with Crippen LogP contribution in [0.2, 0.25) is 0 Å². The lowest BCUT2D eigenvalue weighted by molar-refractivity contribution is 0.0934. The number of allylic oxidation sites excluding steroid dienone is 1. The summed E-state index contributed by atoms with van der Waals surface area (Å²) in [5, 5.41) is 3.03. The first-order valence-corrected chi connectivity index (χ1v) is 7.42. The molecule has 0 aliphatic carbocycles. The zero-order chi connectivity index (χ0) is 15.2. The van der Waals surface area contributed by atoms with Crippen LogP contribution in [-0.4, -0.2) is 29.7 Å². The van der Waals surface area contributed by atoms with Gasteiger partial charge in [-0.2, -0.15) is 0 Å². The number of carbonyl (C=O) groups excluding carboxylic acids is 1. The van der Waals surface area contributed by atoms with Gasteiger partial charge < -0.3 is 11.1 Å². The van der Waals surface area contributed by atoms with Crippen LogP contribution >= 0.6 is 0 Å². The Morgan fingerprint density at radius 3 is 2.90 bits per heavy atom. The summed E-state index contributed by atoms with van der Waals surface area (Å²) in [6, 6.07) is 1.97. The van der Waals surface area contributed by atoms with Crippen molar-refractivity contribution < 1.29 is 4.79 Å². The number of nitrogen functional groups attached to an aromatic ring is 1. The topological polar surface area (TPSA) is 80.4 Å². The van der Waals surface area contributed by atoms with Crippen molar-refractivity contribution in [1.82, 2.24) is 10.3 Å². The lowest BCUT2D eigenvalue weighted by atomic mass is 10.1. The molecule has 3 N–H and O–H groups in total. The molecule has 1 amide bonds. The van der Waals surface area contributed by atoms with Crippen LogP contribution in [0, 0.1) is 0 Å². The average Bonchev–Trinajstić information content (AvgIpc) is 3.01. The fourth-order valence-corrected chi connectivity index (χ4v) is 2.35. The van der Waals surface area contributed by atoms with Crippen molar-refractivity contribution in [1.29, 1.82) is 0 Å². The standard InChI is InChI=1S/C16H22N4O/c1-3-5-13(4-2)20-16(21)14-8-12(10-19-15(14)17)11-6-7-18-9-11/h6,8-10,13H,3-5,7H2,1-2H3,(H2,17,19)(H,20,21). The van der Waals surface area contributed by atoms with Crippen LogP contribution < -0.4 is 11.1 Å². The van der Waals surface area contributed by atoms with E-state index in [1.54, 1.807) is 18.5 Å². The minimum absolute atomic E-state index is 0.155. The van der Waals surface area contributed by atoms with Crippen molar-refractivity contribution in [2.75, 3.05) is 12.3 Å². The van der Waals surface area contributed by atoms with Crippen molar-refractivity contribution in [3.8, 4) is 0 Å². The Hall–Kier alpha value is -2.17.